The van der Waals surface area contributed by atoms with E-state index in [9.17, 15) is 8.78 Å². The lowest BCUT2D eigenvalue weighted by Crippen LogP contribution is -2.53. The molecular weight excluding hydrogens is 272 g/mol. The zero-order valence-corrected chi connectivity index (χ0v) is 12.8. The lowest BCUT2D eigenvalue weighted by atomic mass is 10.0. The molecule has 0 bridgehead atoms. The minimum atomic E-state index is -2.41. The van der Waals surface area contributed by atoms with Crippen LogP contribution in [0.2, 0.25) is 0 Å². The summed E-state index contributed by atoms with van der Waals surface area (Å²) in [6, 6.07) is 7.20. The average molecular weight is 297 g/mol. The summed E-state index contributed by atoms with van der Waals surface area (Å²) in [6.07, 6.45) is -2.41. The zero-order valence-electron chi connectivity index (χ0n) is 12.8. The molecule has 1 aromatic rings. The van der Waals surface area contributed by atoms with Crippen LogP contribution < -0.4 is 5.73 Å². The lowest BCUT2D eigenvalue weighted by molar-refractivity contribution is 0.0606. The second kappa shape index (κ2) is 7.29. The predicted molar refractivity (Wildman–Crippen MR) is 81.5 cm³/mol. The molecule has 2 N–H and O–H groups in total. The van der Waals surface area contributed by atoms with Gasteiger partial charge < -0.3 is 5.73 Å². The van der Waals surface area contributed by atoms with Gasteiger partial charge in [-0.15, -0.1) is 0 Å². The smallest absolute Gasteiger partial charge is 0.263 e. The van der Waals surface area contributed by atoms with Crippen LogP contribution in [0.1, 0.15) is 37.4 Å². The normalized spacial score (nSPS) is 22.7. The summed E-state index contributed by atoms with van der Waals surface area (Å²) in [5.74, 6) is 0. The second-order valence-electron chi connectivity index (χ2n) is 5.69. The molecule has 2 unspecified atom stereocenters. The third kappa shape index (κ3) is 3.78. The molecule has 0 aromatic heterocycles. The average Bonchev–Trinajstić information content (AvgIpc) is 2.49. The summed E-state index contributed by atoms with van der Waals surface area (Å²) >= 11 is 0. The summed E-state index contributed by atoms with van der Waals surface area (Å²) in [6.45, 7) is 8.93. The Kier molecular flexibility index (Phi) is 5.67. The SMILES string of the molecule is CCN1CCN(C(CN)c2ccc(C(F)F)cc2)CC1C. The molecule has 2 rings (SSSR count). The molecule has 0 saturated carbocycles. The van der Waals surface area contributed by atoms with Gasteiger partial charge in [0.1, 0.15) is 0 Å². The Morgan fingerprint density at radius 2 is 1.81 bits per heavy atom. The van der Waals surface area contributed by atoms with Gasteiger partial charge in [0.2, 0.25) is 0 Å². The van der Waals surface area contributed by atoms with Crippen molar-refractivity contribution in [2.75, 3.05) is 32.7 Å². The number of nitrogens with zero attached hydrogens (tertiary/aromatic N) is 2. The molecule has 2 atom stereocenters. The number of likely N-dealkylation sites (N-methyl/N-ethyl adjacent to an activating group) is 1. The van der Waals surface area contributed by atoms with Crippen LogP contribution in [-0.4, -0.2) is 48.6 Å². The molecule has 1 aromatic carbocycles. The number of nitrogens with two attached hydrogens (primary N) is 1. The summed E-state index contributed by atoms with van der Waals surface area (Å²) in [4.78, 5) is 4.82. The fourth-order valence-electron chi connectivity index (χ4n) is 3.14. The third-order valence-corrected chi connectivity index (χ3v) is 4.44. The zero-order chi connectivity index (χ0) is 15.4. The van der Waals surface area contributed by atoms with E-state index in [4.69, 9.17) is 5.73 Å². The highest BCUT2D eigenvalue weighted by molar-refractivity contribution is 5.26. The highest BCUT2D eigenvalue weighted by Crippen LogP contribution is 2.26. The summed E-state index contributed by atoms with van der Waals surface area (Å²) < 4.78 is 25.3. The molecule has 0 amide bonds. The monoisotopic (exact) mass is 297 g/mol. The van der Waals surface area contributed by atoms with Gasteiger partial charge >= 0.3 is 0 Å². The Morgan fingerprint density at radius 3 is 2.29 bits per heavy atom. The van der Waals surface area contributed by atoms with Crippen LogP contribution >= 0.6 is 0 Å². The van der Waals surface area contributed by atoms with Gasteiger partial charge in [-0.2, -0.15) is 0 Å². The van der Waals surface area contributed by atoms with E-state index in [1.54, 1.807) is 12.1 Å². The molecule has 1 aliphatic heterocycles. The van der Waals surface area contributed by atoms with E-state index in [2.05, 4.69) is 23.6 Å². The molecule has 5 heteroatoms. The van der Waals surface area contributed by atoms with Gasteiger partial charge in [-0.05, 0) is 19.0 Å². The minimum absolute atomic E-state index is 0.0682. The maximum Gasteiger partial charge on any atom is 0.263 e. The number of benzene rings is 1. The highest BCUT2D eigenvalue weighted by Gasteiger charge is 2.27. The largest absolute Gasteiger partial charge is 0.329 e. The van der Waals surface area contributed by atoms with Gasteiger partial charge in [0.25, 0.3) is 6.43 Å². The maximum atomic E-state index is 12.6. The molecule has 118 valence electrons. The van der Waals surface area contributed by atoms with Crippen molar-refractivity contribution in [1.29, 1.82) is 0 Å². The first-order valence-corrected chi connectivity index (χ1v) is 7.63. The van der Waals surface area contributed by atoms with E-state index < -0.39 is 6.43 Å². The number of halogens is 2. The van der Waals surface area contributed by atoms with Crippen molar-refractivity contribution in [2.24, 2.45) is 5.73 Å². The first kappa shape index (κ1) is 16.3. The lowest BCUT2D eigenvalue weighted by Gasteiger charge is -2.42. The molecule has 0 spiro atoms. The van der Waals surface area contributed by atoms with Crippen molar-refractivity contribution in [1.82, 2.24) is 9.80 Å². The van der Waals surface area contributed by atoms with Gasteiger partial charge in [0, 0.05) is 43.8 Å². The first-order valence-electron chi connectivity index (χ1n) is 7.63. The Labute approximate surface area is 125 Å². The van der Waals surface area contributed by atoms with E-state index in [0.717, 1.165) is 31.7 Å². The Bertz CT molecular complexity index is 436. The van der Waals surface area contributed by atoms with Crippen molar-refractivity contribution < 1.29 is 8.78 Å². The number of piperazine rings is 1. The van der Waals surface area contributed by atoms with E-state index in [1.807, 2.05) is 0 Å². The molecule has 1 heterocycles. The number of hydrogen-bond donors (Lipinski definition) is 1. The van der Waals surface area contributed by atoms with E-state index in [1.165, 1.54) is 12.1 Å². The molecule has 21 heavy (non-hydrogen) atoms. The minimum Gasteiger partial charge on any atom is -0.329 e. The van der Waals surface area contributed by atoms with Crippen LogP contribution in [0.25, 0.3) is 0 Å². The van der Waals surface area contributed by atoms with E-state index >= 15 is 0 Å². The summed E-state index contributed by atoms with van der Waals surface area (Å²) in [5.41, 5.74) is 7.04. The summed E-state index contributed by atoms with van der Waals surface area (Å²) in [5, 5.41) is 0. The first-order chi connectivity index (χ1) is 10.1. The fraction of sp³-hybridized carbons (Fsp3) is 0.625. The third-order valence-electron chi connectivity index (χ3n) is 4.44. The van der Waals surface area contributed by atoms with E-state index in [0.29, 0.717) is 12.6 Å². The van der Waals surface area contributed by atoms with Crippen molar-refractivity contribution in [3.8, 4) is 0 Å². The van der Waals surface area contributed by atoms with Gasteiger partial charge in [-0.25, -0.2) is 8.78 Å². The summed E-state index contributed by atoms with van der Waals surface area (Å²) in [7, 11) is 0. The molecule has 0 aliphatic carbocycles. The van der Waals surface area contributed by atoms with Crippen LogP contribution in [0.4, 0.5) is 8.78 Å². The quantitative estimate of drug-likeness (QED) is 0.907. The van der Waals surface area contributed by atoms with Gasteiger partial charge in [-0.3, -0.25) is 9.80 Å². The van der Waals surface area contributed by atoms with E-state index in [-0.39, 0.29) is 11.6 Å². The van der Waals surface area contributed by atoms with Crippen LogP contribution in [-0.2, 0) is 0 Å². The van der Waals surface area contributed by atoms with Gasteiger partial charge in [0.05, 0.1) is 0 Å². The molecule has 0 radical (unpaired) electrons. The molecule has 3 nitrogen and oxygen atoms in total. The van der Waals surface area contributed by atoms with Gasteiger partial charge in [-0.1, -0.05) is 31.2 Å². The molecule has 1 fully saturated rings. The van der Waals surface area contributed by atoms with Crippen LogP contribution in [0.3, 0.4) is 0 Å². The number of rotatable bonds is 5. The van der Waals surface area contributed by atoms with Crippen molar-refractivity contribution in [3.63, 3.8) is 0 Å². The van der Waals surface area contributed by atoms with Crippen LogP contribution in [0.5, 0.6) is 0 Å². The topological polar surface area (TPSA) is 32.5 Å². The highest BCUT2D eigenvalue weighted by atomic mass is 19.3. The standard InChI is InChI=1S/C16H25F2N3/c1-3-20-8-9-21(11-12(20)2)15(10-19)13-4-6-14(7-5-13)16(17)18/h4-7,12,15-16H,3,8-11,19H2,1-2H3. The Balaban J connectivity index is 2.09. The molecule has 1 saturated heterocycles. The molecule has 1 aliphatic rings. The molecular formula is C16H25F2N3. The van der Waals surface area contributed by atoms with Crippen molar-refractivity contribution in [2.45, 2.75) is 32.4 Å². The van der Waals surface area contributed by atoms with Crippen molar-refractivity contribution in [3.05, 3.63) is 35.4 Å². The van der Waals surface area contributed by atoms with Crippen LogP contribution in [0, 0.1) is 0 Å². The fourth-order valence-corrected chi connectivity index (χ4v) is 3.14. The second-order valence-corrected chi connectivity index (χ2v) is 5.69. The maximum absolute atomic E-state index is 12.6. The Hall–Kier alpha value is -1.04. The Morgan fingerprint density at radius 1 is 1.19 bits per heavy atom. The number of hydrogen-bond acceptors (Lipinski definition) is 3. The van der Waals surface area contributed by atoms with Crippen LogP contribution in [0.15, 0.2) is 24.3 Å². The van der Waals surface area contributed by atoms with Gasteiger partial charge in [0.15, 0.2) is 0 Å². The number of alkyl halides is 2. The van der Waals surface area contributed by atoms with Crippen molar-refractivity contribution >= 4 is 0 Å². The predicted octanol–water partition coefficient (Wildman–Crippen LogP) is 2.65.